The number of benzene rings is 2. The molecular weight excluding hydrogens is 372 g/mol. The van der Waals surface area contributed by atoms with E-state index in [0.29, 0.717) is 18.7 Å². The number of aryl methyl sites for hydroxylation is 1. The molecule has 5 nitrogen and oxygen atoms in total. The van der Waals surface area contributed by atoms with Crippen LogP contribution in [0.2, 0.25) is 0 Å². The Balaban J connectivity index is 1.37. The number of carbonyl (C=O) groups excluding carboxylic acids is 1. The van der Waals surface area contributed by atoms with E-state index < -0.39 is 0 Å². The first-order valence-corrected chi connectivity index (χ1v) is 10.1. The molecule has 0 bridgehead atoms. The van der Waals surface area contributed by atoms with Crippen molar-refractivity contribution in [3.63, 3.8) is 0 Å². The lowest BCUT2D eigenvalue weighted by Crippen LogP contribution is -2.33. The highest BCUT2D eigenvalue weighted by Crippen LogP contribution is 2.34. The lowest BCUT2D eigenvalue weighted by Gasteiger charge is -2.14. The zero-order valence-corrected chi connectivity index (χ0v) is 17.0. The van der Waals surface area contributed by atoms with E-state index in [4.69, 9.17) is 4.99 Å². The maximum Gasteiger partial charge on any atom is 0.266 e. The van der Waals surface area contributed by atoms with E-state index in [0.717, 1.165) is 33.7 Å². The van der Waals surface area contributed by atoms with Gasteiger partial charge in [-0.25, -0.2) is 4.99 Å². The van der Waals surface area contributed by atoms with Crippen LogP contribution in [-0.2, 0) is 17.8 Å². The molecule has 0 saturated carbocycles. The van der Waals surface area contributed by atoms with Crippen molar-refractivity contribution in [1.29, 1.82) is 0 Å². The number of nitrogens with one attached hydrogen (secondary N) is 1. The Morgan fingerprint density at radius 3 is 2.70 bits per heavy atom. The van der Waals surface area contributed by atoms with Gasteiger partial charge in [0.1, 0.15) is 5.71 Å². The van der Waals surface area contributed by atoms with Gasteiger partial charge in [-0.15, -0.1) is 0 Å². The zero-order chi connectivity index (χ0) is 20.7. The van der Waals surface area contributed by atoms with Gasteiger partial charge in [0.2, 0.25) is 0 Å². The fourth-order valence-electron chi connectivity index (χ4n) is 4.09. The summed E-state index contributed by atoms with van der Waals surface area (Å²) >= 11 is 0. The summed E-state index contributed by atoms with van der Waals surface area (Å²) in [5, 5.41) is 3.09. The third kappa shape index (κ3) is 3.32. The molecule has 3 heterocycles. The normalized spacial score (nSPS) is 15.1. The van der Waals surface area contributed by atoms with Crippen molar-refractivity contribution in [3.8, 4) is 0 Å². The van der Waals surface area contributed by atoms with Crippen molar-refractivity contribution in [3.05, 3.63) is 94.3 Å². The summed E-state index contributed by atoms with van der Waals surface area (Å²) in [5.41, 5.74) is 9.10. The monoisotopic (exact) mass is 394 g/mol. The van der Waals surface area contributed by atoms with Gasteiger partial charge < -0.3 is 5.32 Å². The standard InChI is InChI=1S/C25H22N4O/c1-15-4-3-5-18(10-15)16(2)28-25(30)23-12-19-11-20-14-27-24(17-6-8-26-9-7-17)21(20)13-22(19)29-23/h3-11,13,16H,12,14H2,1-2H3,(H,28,30)/t16-/m1/s1. The van der Waals surface area contributed by atoms with E-state index in [9.17, 15) is 4.79 Å². The van der Waals surface area contributed by atoms with Crippen molar-refractivity contribution in [2.75, 3.05) is 0 Å². The number of rotatable bonds is 4. The number of fused-ring (bicyclic) bond motifs is 2. The predicted molar refractivity (Wildman–Crippen MR) is 119 cm³/mol. The number of aliphatic imine (C=N–C) groups is 2. The number of nitrogens with zero attached hydrogens (tertiary/aromatic N) is 3. The van der Waals surface area contributed by atoms with Crippen LogP contribution in [0.5, 0.6) is 0 Å². The molecule has 30 heavy (non-hydrogen) atoms. The quantitative estimate of drug-likeness (QED) is 0.719. The number of aromatic nitrogens is 1. The first-order valence-electron chi connectivity index (χ1n) is 10.1. The van der Waals surface area contributed by atoms with Gasteiger partial charge in [0.25, 0.3) is 5.91 Å². The zero-order valence-electron chi connectivity index (χ0n) is 17.0. The molecule has 0 radical (unpaired) electrons. The lowest BCUT2D eigenvalue weighted by molar-refractivity contribution is -0.115. The fraction of sp³-hybridized carbons (Fsp3) is 0.200. The molecule has 3 aromatic rings. The highest BCUT2D eigenvalue weighted by atomic mass is 16.2. The maximum absolute atomic E-state index is 12.8. The summed E-state index contributed by atoms with van der Waals surface area (Å²) in [6, 6.07) is 16.3. The number of hydrogen-bond donors (Lipinski definition) is 1. The molecule has 2 aliphatic heterocycles. The van der Waals surface area contributed by atoms with E-state index in [-0.39, 0.29) is 11.9 Å². The second-order valence-electron chi connectivity index (χ2n) is 7.88. The largest absolute Gasteiger partial charge is 0.344 e. The van der Waals surface area contributed by atoms with Crippen molar-refractivity contribution >= 4 is 23.0 Å². The number of amides is 1. The van der Waals surface area contributed by atoms with Gasteiger partial charge in [0, 0.05) is 29.9 Å². The third-order valence-electron chi connectivity index (χ3n) is 5.69. The highest BCUT2D eigenvalue weighted by Gasteiger charge is 2.26. The van der Waals surface area contributed by atoms with E-state index in [1.807, 2.05) is 31.2 Å². The van der Waals surface area contributed by atoms with Gasteiger partial charge in [-0.2, -0.15) is 0 Å². The molecule has 5 rings (SSSR count). The van der Waals surface area contributed by atoms with Gasteiger partial charge in [0.05, 0.1) is 24.0 Å². The Morgan fingerprint density at radius 2 is 1.90 bits per heavy atom. The van der Waals surface area contributed by atoms with Crippen LogP contribution in [0.1, 0.15) is 46.3 Å². The van der Waals surface area contributed by atoms with E-state index in [1.54, 1.807) is 12.4 Å². The summed E-state index contributed by atoms with van der Waals surface area (Å²) in [6.07, 6.45) is 4.11. The summed E-state index contributed by atoms with van der Waals surface area (Å²) in [4.78, 5) is 26.3. The minimum Gasteiger partial charge on any atom is -0.344 e. The molecule has 148 valence electrons. The number of hydrogen-bond acceptors (Lipinski definition) is 4. The smallest absolute Gasteiger partial charge is 0.266 e. The average Bonchev–Trinajstić information content (AvgIpc) is 3.36. The molecule has 2 aliphatic rings. The summed E-state index contributed by atoms with van der Waals surface area (Å²) < 4.78 is 0. The Labute approximate surface area is 175 Å². The molecule has 1 N–H and O–H groups in total. The van der Waals surface area contributed by atoms with Gasteiger partial charge >= 0.3 is 0 Å². The van der Waals surface area contributed by atoms with Gasteiger partial charge in [0.15, 0.2) is 0 Å². The minimum atomic E-state index is -0.108. The van der Waals surface area contributed by atoms with Gasteiger partial charge in [-0.1, -0.05) is 35.9 Å². The Hall–Kier alpha value is -3.60. The van der Waals surface area contributed by atoms with Gasteiger partial charge in [-0.3, -0.25) is 14.8 Å². The summed E-state index contributed by atoms with van der Waals surface area (Å²) in [6.45, 7) is 4.71. The van der Waals surface area contributed by atoms with Crippen LogP contribution in [0.15, 0.2) is 70.9 Å². The van der Waals surface area contributed by atoms with E-state index in [1.165, 1.54) is 11.1 Å². The molecule has 2 aromatic carbocycles. The molecule has 1 amide bonds. The van der Waals surface area contributed by atoms with Gasteiger partial charge in [-0.05, 0) is 48.7 Å². The van der Waals surface area contributed by atoms with Crippen molar-refractivity contribution in [2.24, 2.45) is 9.98 Å². The first kappa shape index (κ1) is 18.4. The molecule has 1 atom stereocenters. The Bertz CT molecular complexity index is 1210. The maximum atomic E-state index is 12.8. The summed E-state index contributed by atoms with van der Waals surface area (Å²) in [5.74, 6) is -0.108. The van der Waals surface area contributed by atoms with Crippen LogP contribution in [0, 0.1) is 6.92 Å². The van der Waals surface area contributed by atoms with Crippen molar-refractivity contribution < 1.29 is 4.79 Å². The molecule has 0 unspecified atom stereocenters. The third-order valence-corrected chi connectivity index (χ3v) is 5.69. The molecule has 5 heteroatoms. The van der Waals surface area contributed by atoms with Crippen LogP contribution in [-0.4, -0.2) is 22.3 Å². The number of carbonyl (C=O) groups is 1. The van der Waals surface area contributed by atoms with Crippen LogP contribution in [0.25, 0.3) is 0 Å². The molecule has 0 saturated heterocycles. The Kier molecular flexibility index (Phi) is 4.51. The van der Waals surface area contributed by atoms with Crippen molar-refractivity contribution in [2.45, 2.75) is 32.9 Å². The fourth-order valence-corrected chi connectivity index (χ4v) is 4.09. The van der Waals surface area contributed by atoms with Crippen LogP contribution in [0.3, 0.4) is 0 Å². The van der Waals surface area contributed by atoms with Crippen LogP contribution < -0.4 is 5.32 Å². The van der Waals surface area contributed by atoms with E-state index >= 15 is 0 Å². The molecule has 0 fully saturated rings. The minimum absolute atomic E-state index is 0.0701. The Morgan fingerprint density at radius 1 is 1.07 bits per heavy atom. The second-order valence-corrected chi connectivity index (χ2v) is 7.88. The topological polar surface area (TPSA) is 66.7 Å². The van der Waals surface area contributed by atoms with Crippen molar-refractivity contribution in [1.82, 2.24) is 10.3 Å². The lowest BCUT2D eigenvalue weighted by atomic mass is 9.97. The average molecular weight is 394 g/mol. The molecule has 1 aromatic heterocycles. The van der Waals surface area contributed by atoms with Crippen LogP contribution in [0.4, 0.5) is 5.69 Å². The molecular formula is C25H22N4O. The molecule has 0 spiro atoms. The SMILES string of the molecule is Cc1cccc([C@@H](C)NC(=O)C2=Nc3cc4c(cc3C2)CN=C4c2ccncc2)c1. The second kappa shape index (κ2) is 7.34. The number of pyridine rings is 1. The molecule has 0 aliphatic carbocycles. The van der Waals surface area contributed by atoms with Crippen LogP contribution >= 0.6 is 0 Å². The summed E-state index contributed by atoms with van der Waals surface area (Å²) in [7, 11) is 0. The highest BCUT2D eigenvalue weighted by molar-refractivity contribution is 6.41. The van der Waals surface area contributed by atoms with E-state index in [2.05, 4.69) is 46.5 Å². The first-order chi connectivity index (χ1) is 14.6. The predicted octanol–water partition coefficient (Wildman–Crippen LogP) is 4.25.